The highest BCUT2D eigenvalue weighted by Gasteiger charge is 2.30. The molecule has 1 aromatic carbocycles. The highest BCUT2D eigenvalue weighted by Crippen LogP contribution is 2.32. The molecule has 142 valence electrons. The number of hydrogen-bond donors (Lipinski definition) is 0. The van der Waals surface area contributed by atoms with E-state index in [1.165, 1.54) is 37.3 Å². The summed E-state index contributed by atoms with van der Waals surface area (Å²) >= 11 is 0.965. The molecule has 0 aliphatic rings. The zero-order valence-electron chi connectivity index (χ0n) is 14.1. The van der Waals surface area contributed by atoms with Crippen molar-refractivity contribution in [3.63, 3.8) is 0 Å². The highest BCUT2D eigenvalue weighted by molar-refractivity contribution is 7.15. The summed E-state index contributed by atoms with van der Waals surface area (Å²) in [5.74, 6) is 0.503. The zero-order chi connectivity index (χ0) is 20.1. The second-order valence-electron chi connectivity index (χ2n) is 5.89. The molecule has 6 nitrogen and oxygen atoms in total. The fraction of sp³-hybridized carbons (Fsp3) is 0.111. The Bertz CT molecular complexity index is 1370. The van der Waals surface area contributed by atoms with E-state index in [0.29, 0.717) is 0 Å². The fourth-order valence-corrected chi connectivity index (χ4v) is 3.43. The summed E-state index contributed by atoms with van der Waals surface area (Å²) < 4.78 is 45.5. The van der Waals surface area contributed by atoms with Crippen molar-refractivity contribution >= 4 is 22.4 Å². The number of halogens is 3. The quantitative estimate of drug-likeness (QED) is 0.513. The van der Waals surface area contributed by atoms with Gasteiger partial charge in [0.15, 0.2) is 0 Å². The van der Waals surface area contributed by atoms with Gasteiger partial charge in [-0.15, -0.1) is 0 Å². The lowest BCUT2D eigenvalue weighted by molar-refractivity contribution is -0.137. The third kappa shape index (κ3) is 3.22. The van der Waals surface area contributed by atoms with Crippen molar-refractivity contribution in [2.45, 2.75) is 13.1 Å². The normalized spacial score (nSPS) is 12.8. The molecule has 3 aromatic heterocycles. The molecule has 0 fully saturated rings. The first-order valence-electron chi connectivity index (χ1n) is 7.92. The van der Waals surface area contributed by atoms with E-state index in [4.69, 9.17) is 4.42 Å². The molecule has 0 saturated carbocycles. The minimum Gasteiger partial charge on any atom is -0.457 e. The average Bonchev–Trinajstić information content (AvgIpc) is 3.22. The third-order valence-corrected chi connectivity index (χ3v) is 4.88. The largest absolute Gasteiger partial charge is 0.457 e. The number of benzene rings is 1. The van der Waals surface area contributed by atoms with E-state index in [9.17, 15) is 22.8 Å². The number of furan rings is 1. The minimum atomic E-state index is -4.46. The van der Waals surface area contributed by atoms with Gasteiger partial charge in [-0.25, -0.2) is 0 Å². The van der Waals surface area contributed by atoms with Crippen molar-refractivity contribution in [1.82, 2.24) is 14.6 Å². The number of fused-ring (bicyclic) bond motifs is 1. The molecule has 0 spiro atoms. The van der Waals surface area contributed by atoms with Gasteiger partial charge in [0, 0.05) is 11.6 Å². The number of aromatic nitrogens is 3. The molecule has 0 aliphatic carbocycles. The molecule has 0 unspecified atom stereocenters. The summed E-state index contributed by atoms with van der Waals surface area (Å²) in [6.45, 7) is 1.45. The lowest BCUT2D eigenvalue weighted by atomic mass is 10.1. The first-order valence-corrected chi connectivity index (χ1v) is 8.74. The van der Waals surface area contributed by atoms with Crippen LogP contribution >= 0.6 is 11.3 Å². The Balaban J connectivity index is 1.77. The Labute approximate surface area is 158 Å². The predicted molar refractivity (Wildman–Crippen MR) is 96.1 cm³/mol. The standard InChI is InChI=1S/C18H10F3N3O3S/c1-9-15(25)22-17-24(23-9)16(26)14(28-17)8-12-5-6-13(27-12)10-3-2-4-11(7-10)18(19,20)21/h2-8H,1H3/b14-8-. The van der Waals surface area contributed by atoms with E-state index in [-0.39, 0.29) is 32.3 Å². The van der Waals surface area contributed by atoms with Crippen LogP contribution in [-0.4, -0.2) is 14.6 Å². The van der Waals surface area contributed by atoms with E-state index in [0.717, 1.165) is 28.0 Å². The Morgan fingerprint density at radius 2 is 1.96 bits per heavy atom. The van der Waals surface area contributed by atoms with Crippen LogP contribution in [0.3, 0.4) is 0 Å². The Morgan fingerprint density at radius 3 is 2.71 bits per heavy atom. The van der Waals surface area contributed by atoms with Gasteiger partial charge in [0.2, 0.25) is 4.96 Å². The first-order chi connectivity index (χ1) is 13.2. The van der Waals surface area contributed by atoms with Crippen LogP contribution in [0.4, 0.5) is 13.2 Å². The van der Waals surface area contributed by atoms with Crippen LogP contribution in [0, 0.1) is 6.92 Å². The Kier molecular flexibility index (Phi) is 4.15. The van der Waals surface area contributed by atoms with E-state index in [2.05, 4.69) is 10.1 Å². The molecule has 0 saturated heterocycles. The van der Waals surface area contributed by atoms with Crippen molar-refractivity contribution in [2.75, 3.05) is 0 Å². The van der Waals surface area contributed by atoms with Gasteiger partial charge in [-0.05, 0) is 31.2 Å². The van der Waals surface area contributed by atoms with Crippen LogP contribution in [0.2, 0.25) is 0 Å². The summed E-state index contributed by atoms with van der Waals surface area (Å²) in [6.07, 6.45) is -3.03. The second-order valence-corrected chi connectivity index (χ2v) is 6.90. The monoisotopic (exact) mass is 405 g/mol. The maximum atomic E-state index is 12.9. The van der Waals surface area contributed by atoms with Crippen LogP contribution in [0.25, 0.3) is 22.4 Å². The van der Waals surface area contributed by atoms with Gasteiger partial charge < -0.3 is 4.42 Å². The number of hydrogen-bond acceptors (Lipinski definition) is 6. The number of nitrogens with zero attached hydrogens (tertiary/aromatic N) is 3. The maximum absolute atomic E-state index is 12.9. The number of aryl methyl sites for hydroxylation is 1. The topological polar surface area (TPSA) is 77.5 Å². The van der Waals surface area contributed by atoms with Crippen molar-refractivity contribution in [3.05, 3.63) is 78.7 Å². The Hall–Kier alpha value is -3.27. The van der Waals surface area contributed by atoms with Gasteiger partial charge in [-0.3, -0.25) is 9.59 Å². The number of alkyl halides is 3. The summed E-state index contributed by atoms with van der Waals surface area (Å²) in [6, 6.07) is 7.81. The zero-order valence-corrected chi connectivity index (χ0v) is 15.0. The number of thiazole rings is 1. The molecule has 0 aliphatic heterocycles. The van der Waals surface area contributed by atoms with Crippen LogP contribution in [0.5, 0.6) is 0 Å². The van der Waals surface area contributed by atoms with Crippen molar-refractivity contribution in [3.8, 4) is 11.3 Å². The summed E-state index contributed by atoms with van der Waals surface area (Å²) in [5.41, 5.74) is -1.40. The molecular weight excluding hydrogens is 395 g/mol. The van der Waals surface area contributed by atoms with Crippen LogP contribution < -0.4 is 15.7 Å². The van der Waals surface area contributed by atoms with Gasteiger partial charge >= 0.3 is 6.18 Å². The molecule has 3 heterocycles. The van der Waals surface area contributed by atoms with Gasteiger partial charge in [-0.2, -0.15) is 27.8 Å². The SMILES string of the molecule is Cc1nn2c(=O)/c(=C/c3ccc(-c4cccc(C(F)(F)F)c4)o3)sc2nc1=O. The molecule has 0 atom stereocenters. The fourth-order valence-electron chi connectivity index (χ4n) is 2.55. The van der Waals surface area contributed by atoms with Crippen LogP contribution in [0.15, 0.2) is 50.4 Å². The van der Waals surface area contributed by atoms with E-state index < -0.39 is 22.9 Å². The van der Waals surface area contributed by atoms with E-state index in [1.54, 1.807) is 0 Å². The second kappa shape index (κ2) is 6.41. The van der Waals surface area contributed by atoms with Gasteiger partial charge in [0.05, 0.1) is 5.56 Å². The third-order valence-electron chi connectivity index (χ3n) is 3.92. The molecule has 0 amide bonds. The summed E-state index contributed by atoms with van der Waals surface area (Å²) in [5, 5.41) is 3.90. The lowest BCUT2D eigenvalue weighted by Crippen LogP contribution is -2.27. The number of rotatable bonds is 2. The predicted octanol–water partition coefficient (Wildman–Crippen LogP) is 2.65. The van der Waals surface area contributed by atoms with Gasteiger partial charge in [0.25, 0.3) is 11.1 Å². The molecule has 10 heteroatoms. The van der Waals surface area contributed by atoms with Crippen LogP contribution in [-0.2, 0) is 6.18 Å². The summed E-state index contributed by atoms with van der Waals surface area (Å²) in [7, 11) is 0. The highest BCUT2D eigenvalue weighted by atomic mass is 32.1. The van der Waals surface area contributed by atoms with Gasteiger partial charge in [-0.1, -0.05) is 23.5 Å². The van der Waals surface area contributed by atoms with Gasteiger partial charge in [0.1, 0.15) is 21.7 Å². The van der Waals surface area contributed by atoms with Crippen molar-refractivity contribution in [1.29, 1.82) is 0 Å². The smallest absolute Gasteiger partial charge is 0.416 e. The lowest BCUT2D eigenvalue weighted by Gasteiger charge is -2.07. The molecule has 28 heavy (non-hydrogen) atoms. The van der Waals surface area contributed by atoms with Crippen molar-refractivity contribution in [2.24, 2.45) is 0 Å². The Morgan fingerprint density at radius 1 is 1.18 bits per heavy atom. The molecule has 4 aromatic rings. The average molecular weight is 405 g/mol. The minimum absolute atomic E-state index is 0.101. The molecule has 0 bridgehead atoms. The van der Waals surface area contributed by atoms with Crippen molar-refractivity contribution < 1.29 is 17.6 Å². The maximum Gasteiger partial charge on any atom is 0.416 e. The molecule has 0 N–H and O–H groups in total. The van der Waals surface area contributed by atoms with E-state index in [1.807, 2.05) is 0 Å². The molecule has 0 radical (unpaired) electrons. The van der Waals surface area contributed by atoms with E-state index >= 15 is 0 Å². The molecular formula is C18H10F3N3O3S. The first kappa shape index (κ1) is 18.1. The van der Waals surface area contributed by atoms with Crippen LogP contribution in [0.1, 0.15) is 17.0 Å². The summed E-state index contributed by atoms with van der Waals surface area (Å²) in [4.78, 5) is 27.9. The molecule has 4 rings (SSSR count).